The van der Waals surface area contributed by atoms with Crippen molar-refractivity contribution in [3.63, 3.8) is 0 Å². The third kappa shape index (κ3) is 2.38. The SMILES string of the molecule is CC1(C)CCCCC1C(NN)C1CCc2cccnc21. The van der Waals surface area contributed by atoms with E-state index in [2.05, 4.69) is 36.4 Å². The fourth-order valence-corrected chi connectivity index (χ4v) is 4.49. The Kier molecular flexibility index (Phi) is 3.83. The molecule has 3 rings (SSSR count). The highest BCUT2D eigenvalue weighted by Crippen LogP contribution is 2.47. The Balaban J connectivity index is 1.87. The van der Waals surface area contributed by atoms with Gasteiger partial charge in [0.1, 0.15) is 0 Å². The maximum Gasteiger partial charge on any atom is 0.0482 e. The first-order valence-electron chi connectivity index (χ1n) is 8.03. The van der Waals surface area contributed by atoms with Crippen LogP contribution >= 0.6 is 0 Å². The smallest absolute Gasteiger partial charge is 0.0482 e. The molecule has 3 nitrogen and oxygen atoms in total. The Morgan fingerprint density at radius 3 is 2.95 bits per heavy atom. The predicted molar refractivity (Wildman–Crippen MR) is 82.1 cm³/mol. The largest absolute Gasteiger partial charge is 0.271 e. The molecule has 0 amide bonds. The fourth-order valence-electron chi connectivity index (χ4n) is 4.49. The minimum Gasteiger partial charge on any atom is -0.271 e. The number of hydrogen-bond donors (Lipinski definition) is 2. The molecule has 0 saturated heterocycles. The number of nitrogens with two attached hydrogens (primary N) is 1. The van der Waals surface area contributed by atoms with Crippen LogP contribution in [0.5, 0.6) is 0 Å². The molecule has 0 aliphatic heterocycles. The van der Waals surface area contributed by atoms with E-state index in [4.69, 9.17) is 5.84 Å². The van der Waals surface area contributed by atoms with Crippen LogP contribution in [0.1, 0.15) is 63.1 Å². The topological polar surface area (TPSA) is 50.9 Å². The molecular weight excluding hydrogens is 246 g/mol. The van der Waals surface area contributed by atoms with Gasteiger partial charge in [-0.05, 0) is 48.6 Å². The summed E-state index contributed by atoms with van der Waals surface area (Å²) in [6.07, 6.45) is 9.58. The summed E-state index contributed by atoms with van der Waals surface area (Å²) in [4.78, 5) is 4.66. The van der Waals surface area contributed by atoms with Crippen LogP contribution in [-0.4, -0.2) is 11.0 Å². The zero-order valence-electron chi connectivity index (χ0n) is 12.7. The second-order valence-corrected chi connectivity index (χ2v) is 7.23. The molecule has 0 aromatic carbocycles. The first-order chi connectivity index (χ1) is 9.63. The normalized spacial score (nSPS) is 29.9. The summed E-state index contributed by atoms with van der Waals surface area (Å²) in [5, 5.41) is 0. The third-order valence-electron chi connectivity index (χ3n) is 5.65. The number of hydrogen-bond acceptors (Lipinski definition) is 3. The number of aromatic nitrogens is 1. The maximum atomic E-state index is 5.98. The molecule has 3 atom stereocenters. The van der Waals surface area contributed by atoms with E-state index in [1.54, 1.807) is 0 Å². The average Bonchev–Trinajstić information content (AvgIpc) is 2.85. The van der Waals surface area contributed by atoms with Crippen LogP contribution in [0.3, 0.4) is 0 Å². The zero-order chi connectivity index (χ0) is 14.2. The average molecular weight is 273 g/mol. The summed E-state index contributed by atoms with van der Waals surface area (Å²) >= 11 is 0. The lowest BCUT2D eigenvalue weighted by Gasteiger charge is -2.45. The molecule has 0 bridgehead atoms. The quantitative estimate of drug-likeness (QED) is 0.657. The van der Waals surface area contributed by atoms with Crippen LogP contribution in [0.15, 0.2) is 18.3 Å². The Bertz CT molecular complexity index is 469. The number of rotatable bonds is 3. The number of nitrogens with zero attached hydrogens (tertiary/aromatic N) is 1. The summed E-state index contributed by atoms with van der Waals surface area (Å²) in [6.45, 7) is 4.82. The molecule has 1 aromatic rings. The van der Waals surface area contributed by atoms with Gasteiger partial charge >= 0.3 is 0 Å². The molecule has 3 N–H and O–H groups in total. The van der Waals surface area contributed by atoms with Gasteiger partial charge in [-0.15, -0.1) is 0 Å². The number of pyridine rings is 1. The van der Waals surface area contributed by atoms with Gasteiger partial charge in [0.05, 0.1) is 0 Å². The molecule has 20 heavy (non-hydrogen) atoms. The van der Waals surface area contributed by atoms with Gasteiger partial charge in [0.2, 0.25) is 0 Å². The molecule has 3 unspecified atom stereocenters. The Hall–Kier alpha value is -0.930. The predicted octanol–water partition coefficient (Wildman–Crippen LogP) is 3.16. The van der Waals surface area contributed by atoms with Gasteiger partial charge in [0.25, 0.3) is 0 Å². The summed E-state index contributed by atoms with van der Waals surface area (Å²) in [6, 6.07) is 4.64. The highest BCUT2D eigenvalue weighted by atomic mass is 15.2. The van der Waals surface area contributed by atoms with Crippen molar-refractivity contribution in [1.82, 2.24) is 10.4 Å². The second kappa shape index (κ2) is 5.45. The van der Waals surface area contributed by atoms with Crippen LogP contribution in [0.25, 0.3) is 0 Å². The van der Waals surface area contributed by atoms with Gasteiger partial charge in [0.15, 0.2) is 0 Å². The molecule has 2 aliphatic rings. The van der Waals surface area contributed by atoms with Crippen molar-refractivity contribution in [2.45, 2.75) is 64.3 Å². The Morgan fingerprint density at radius 2 is 2.20 bits per heavy atom. The molecule has 3 heteroatoms. The van der Waals surface area contributed by atoms with Crippen molar-refractivity contribution in [2.24, 2.45) is 17.2 Å². The minimum atomic E-state index is 0.362. The molecule has 0 radical (unpaired) electrons. The zero-order valence-corrected chi connectivity index (χ0v) is 12.7. The van der Waals surface area contributed by atoms with E-state index in [-0.39, 0.29) is 0 Å². The van der Waals surface area contributed by atoms with Gasteiger partial charge in [-0.1, -0.05) is 32.8 Å². The van der Waals surface area contributed by atoms with E-state index in [0.717, 1.165) is 6.42 Å². The number of fused-ring (bicyclic) bond motifs is 1. The van der Waals surface area contributed by atoms with Gasteiger partial charge in [0, 0.05) is 23.9 Å². The Morgan fingerprint density at radius 1 is 1.35 bits per heavy atom. The number of hydrazine groups is 1. The second-order valence-electron chi connectivity index (χ2n) is 7.23. The highest BCUT2D eigenvalue weighted by Gasteiger charge is 2.42. The van der Waals surface area contributed by atoms with Gasteiger partial charge in [-0.3, -0.25) is 16.3 Å². The summed E-state index contributed by atoms with van der Waals surface area (Å²) < 4.78 is 0. The molecule has 1 heterocycles. The lowest BCUT2D eigenvalue weighted by Crippen LogP contribution is -2.50. The van der Waals surface area contributed by atoms with Crippen LogP contribution in [-0.2, 0) is 6.42 Å². The lowest BCUT2D eigenvalue weighted by atomic mass is 9.63. The lowest BCUT2D eigenvalue weighted by molar-refractivity contribution is 0.0864. The molecule has 1 fully saturated rings. The van der Waals surface area contributed by atoms with Crippen molar-refractivity contribution < 1.29 is 0 Å². The minimum absolute atomic E-state index is 0.362. The van der Waals surface area contributed by atoms with E-state index in [1.807, 2.05) is 6.20 Å². The maximum absolute atomic E-state index is 5.98. The van der Waals surface area contributed by atoms with Crippen LogP contribution in [0.2, 0.25) is 0 Å². The number of nitrogens with one attached hydrogen (secondary N) is 1. The molecule has 0 spiro atoms. The highest BCUT2D eigenvalue weighted by molar-refractivity contribution is 5.30. The van der Waals surface area contributed by atoms with Gasteiger partial charge in [-0.2, -0.15) is 0 Å². The summed E-state index contributed by atoms with van der Waals surface area (Å²) in [5.74, 6) is 7.12. The summed E-state index contributed by atoms with van der Waals surface area (Å²) in [7, 11) is 0. The first kappa shape index (κ1) is 14.0. The van der Waals surface area contributed by atoms with Gasteiger partial charge < -0.3 is 0 Å². The van der Waals surface area contributed by atoms with E-state index < -0.39 is 0 Å². The molecular formula is C17H27N3. The van der Waals surface area contributed by atoms with Crippen LogP contribution in [0.4, 0.5) is 0 Å². The van der Waals surface area contributed by atoms with Crippen molar-refractivity contribution in [1.29, 1.82) is 0 Å². The van der Waals surface area contributed by atoms with E-state index >= 15 is 0 Å². The van der Waals surface area contributed by atoms with Crippen molar-refractivity contribution in [3.05, 3.63) is 29.6 Å². The van der Waals surface area contributed by atoms with E-state index in [0.29, 0.717) is 23.3 Å². The van der Waals surface area contributed by atoms with Gasteiger partial charge in [-0.25, -0.2) is 0 Å². The Labute approximate surface area is 122 Å². The first-order valence-corrected chi connectivity index (χ1v) is 8.03. The number of aryl methyl sites for hydroxylation is 1. The summed E-state index contributed by atoms with van der Waals surface area (Å²) in [5.41, 5.74) is 6.26. The van der Waals surface area contributed by atoms with Crippen molar-refractivity contribution >= 4 is 0 Å². The van der Waals surface area contributed by atoms with Crippen molar-refractivity contribution in [2.75, 3.05) is 0 Å². The molecule has 1 saturated carbocycles. The molecule has 1 aromatic heterocycles. The third-order valence-corrected chi connectivity index (χ3v) is 5.65. The van der Waals surface area contributed by atoms with E-state index in [9.17, 15) is 0 Å². The van der Waals surface area contributed by atoms with Crippen LogP contribution < -0.4 is 11.3 Å². The fraction of sp³-hybridized carbons (Fsp3) is 0.706. The molecule has 110 valence electrons. The van der Waals surface area contributed by atoms with Crippen LogP contribution in [0, 0.1) is 11.3 Å². The monoisotopic (exact) mass is 273 g/mol. The standard InChI is InChI=1S/C17H27N3/c1-17(2)10-4-3-7-14(17)16(20-18)13-9-8-12-6-5-11-19-15(12)13/h5-6,11,13-14,16,20H,3-4,7-10,18H2,1-2H3. The van der Waals surface area contributed by atoms with Crippen molar-refractivity contribution in [3.8, 4) is 0 Å². The van der Waals surface area contributed by atoms with E-state index in [1.165, 1.54) is 43.4 Å². The molecule has 2 aliphatic carbocycles.